The molecule has 0 bridgehead atoms. The number of fused-ring (bicyclic) bond motifs is 2. The number of thiophene rings is 1. The molecule has 36 heavy (non-hydrogen) atoms. The van der Waals surface area contributed by atoms with Gasteiger partial charge in [0.2, 0.25) is 5.91 Å². The average Bonchev–Trinajstić information content (AvgIpc) is 3.30. The van der Waals surface area contributed by atoms with Gasteiger partial charge in [0.1, 0.15) is 11.0 Å². The normalized spacial score (nSPS) is 13.5. The van der Waals surface area contributed by atoms with Gasteiger partial charge in [-0.15, -0.1) is 11.3 Å². The van der Waals surface area contributed by atoms with Gasteiger partial charge in [-0.2, -0.15) is 5.10 Å². The van der Waals surface area contributed by atoms with Gasteiger partial charge in [0.05, 0.1) is 27.4 Å². The number of aromatic amines is 2. The molecule has 0 spiro atoms. The molecule has 0 unspecified atom stereocenters. The topological polar surface area (TPSA) is 125 Å². The minimum Gasteiger partial charge on any atom is -0.324 e. The van der Waals surface area contributed by atoms with E-state index >= 15 is 0 Å². The molecule has 0 radical (unpaired) electrons. The van der Waals surface area contributed by atoms with Crippen molar-refractivity contribution in [3.05, 3.63) is 59.3 Å². The smallest absolute Gasteiger partial charge is 0.227 e. The van der Waals surface area contributed by atoms with Crippen LogP contribution in [-0.4, -0.2) is 41.0 Å². The molecule has 9 nitrogen and oxygen atoms in total. The van der Waals surface area contributed by atoms with E-state index in [0.29, 0.717) is 38.4 Å². The number of hydrogen-bond donors (Lipinski definition) is 3. The highest BCUT2D eigenvalue weighted by Crippen LogP contribution is 2.36. The van der Waals surface area contributed by atoms with Gasteiger partial charge >= 0.3 is 0 Å². The Hall–Kier alpha value is -4.15. The maximum Gasteiger partial charge on any atom is 0.227 e. The number of rotatable bonds is 5. The maximum absolute atomic E-state index is 12.2. The lowest BCUT2D eigenvalue weighted by atomic mass is 10.1. The number of anilines is 1. The van der Waals surface area contributed by atoms with Crippen LogP contribution in [0.15, 0.2) is 55.0 Å². The Morgan fingerprint density at radius 2 is 2.00 bits per heavy atom. The van der Waals surface area contributed by atoms with Crippen LogP contribution >= 0.6 is 22.9 Å². The van der Waals surface area contributed by atoms with Crippen LogP contribution in [0.4, 0.5) is 5.69 Å². The second-order valence-electron chi connectivity index (χ2n) is 8.64. The lowest BCUT2D eigenvalue weighted by molar-refractivity contribution is -0.117. The van der Waals surface area contributed by atoms with Crippen molar-refractivity contribution in [3.8, 4) is 33.2 Å². The molecule has 11 heteroatoms. The average molecular weight is 513 g/mol. The number of aromatic nitrogens is 7. The molecule has 1 fully saturated rings. The summed E-state index contributed by atoms with van der Waals surface area (Å²) < 4.78 is 0.714. The number of pyridine rings is 3. The Kier molecular flexibility index (Phi) is 4.83. The van der Waals surface area contributed by atoms with E-state index in [-0.39, 0.29) is 11.8 Å². The third-order valence-electron chi connectivity index (χ3n) is 6.11. The molecule has 7 rings (SSSR count). The minimum absolute atomic E-state index is 0.0390. The number of carbonyl (C=O) groups excluding carboxylic acids is 1. The Morgan fingerprint density at radius 3 is 2.83 bits per heavy atom. The predicted octanol–water partition coefficient (Wildman–Crippen LogP) is 5.69. The summed E-state index contributed by atoms with van der Waals surface area (Å²) in [5, 5.41) is 10.5. The largest absolute Gasteiger partial charge is 0.324 e. The molecule has 0 aromatic carbocycles. The number of H-pyrrole nitrogens is 2. The summed E-state index contributed by atoms with van der Waals surface area (Å²) in [4.78, 5) is 34.9. The van der Waals surface area contributed by atoms with Crippen LogP contribution in [0.1, 0.15) is 12.8 Å². The van der Waals surface area contributed by atoms with Crippen molar-refractivity contribution < 1.29 is 4.79 Å². The second kappa shape index (κ2) is 8.21. The molecule has 0 atom stereocenters. The van der Waals surface area contributed by atoms with Crippen molar-refractivity contribution in [2.24, 2.45) is 5.92 Å². The highest BCUT2D eigenvalue weighted by Gasteiger charge is 2.29. The van der Waals surface area contributed by atoms with E-state index in [2.05, 4.69) is 30.5 Å². The van der Waals surface area contributed by atoms with Gasteiger partial charge in [-0.3, -0.25) is 14.9 Å². The van der Waals surface area contributed by atoms with Crippen molar-refractivity contribution in [2.75, 3.05) is 5.32 Å². The number of hydrogen-bond acceptors (Lipinski definition) is 7. The number of carbonyl (C=O) groups is 1. The number of imidazole rings is 1. The van der Waals surface area contributed by atoms with Crippen LogP contribution in [0.2, 0.25) is 4.34 Å². The highest BCUT2D eigenvalue weighted by atomic mass is 35.5. The first-order valence-electron chi connectivity index (χ1n) is 11.3. The fourth-order valence-electron chi connectivity index (χ4n) is 4.14. The summed E-state index contributed by atoms with van der Waals surface area (Å²) in [6, 6.07) is 11.5. The standard InChI is InChI=1S/C25H17ClN8OS/c26-19-6-5-18(36-19)15-7-8-28-23-20(15)31-24(32-23)22-21-17(33-34-22)4-3-16(30-21)13-9-14(11-27-10-13)29-25(35)12-1-2-12/h3-12H,1-2H2,(H,29,35)(H,33,34)(H,28,31,32). The molecular weight excluding hydrogens is 496 g/mol. The van der Waals surface area contributed by atoms with Crippen molar-refractivity contribution in [1.29, 1.82) is 0 Å². The van der Waals surface area contributed by atoms with E-state index in [4.69, 9.17) is 21.6 Å². The van der Waals surface area contributed by atoms with Crippen molar-refractivity contribution in [2.45, 2.75) is 12.8 Å². The molecule has 6 aromatic rings. The third-order valence-corrected chi connectivity index (χ3v) is 7.37. The molecule has 0 aliphatic heterocycles. The number of amides is 1. The molecule has 6 heterocycles. The Balaban J connectivity index is 1.28. The molecular formula is C25H17ClN8OS. The summed E-state index contributed by atoms with van der Waals surface area (Å²) in [5.41, 5.74) is 6.53. The molecule has 1 saturated carbocycles. The van der Waals surface area contributed by atoms with Crippen molar-refractivity contribution in [1.82, 2.24) is 35.1 Å². The summed E-state index contributed by atoms with van der Waals surface area (Å²) in [5.74, 6) is 0.719. The first kappa shape index (κ1) is 21.2. The number of nitrogens with zero attached hydrogens (tertiary/aromatic N) is 5. The monoisotopic (exact) mass is 512 g/mol. The van der Waals surface area contributed by atoms with E-state index in [1.807, 2.05) is 36.4 Å². The Morgan fingerprint density at radius 1 is 1.08 bits per heavy atom. The van der Waals surface area contributed by atoms with Crippen LogP contribution in [-0.2, 0) is 4.79 Å². The summed E-state index contributed by atoms with van der Waals surface area (Å²) in [6.07, 6.45) is 7.00. The number of halogens is 1. The zero-order valence-electron chi connectivity index (χ0n) is 18.6. The zero-order chi connectivity index (χ0) is 24.2. The molecule has 176 valence electrons. The van der Waals surface area contributed by atoms with Gasteiger partial charge < -0.3 is 10.3 Å². The van der Waals surface area contributed by atoms with Gasteiger partial charge in [-0.05, 0) is 49.2 Å². The molecule has 3 N–H and O–H groups in total. The molecule has 6 aromatic heterocycles. The zero-order valence-corrected chi connectivity index (χ0v) is 20.2. The van der Waals surface area contributed by atoms with Crippen molar-refractivity contribution in [3.63, 3.8) is 0 Å². The van der Waals surface area contributed by atoms with Gasteiger partial charge in [-0.1, -0.05) is 11.6 Å². The quantitative estimate of drug-likeness (QED) is 0.272. The van der Waals surface area contributed by atoms with Gasteiger partial charge in [-0.25, -0.2) is 15.0 Å². The summed E-state index contributed by atoms with van der Waals surface area (Å²) in [6.45, 7) is 0. The van der Waals surface area contributed by atoms with Crippen LogP contribution < -0.4 is 5.32 Å². The second-order valence-corrected chi connectivity index (χ2v) is 10.4. The van der Waals surface area contributed by atoms with Crippen LogP contribution in [0.25, 0.3) is 55.4 Å². The Bertz CT molecular complexity index is 1780. The Labute approximate surface area is 213 Å². The van der Waals surface area contributed by atoms with Crippen LogP contribution in [0.5, 0.6) is 0 Å². The fraction of sp³-hybridized carbons (Fsp3) is 0.120. The molecule has 1 aliphatic rings. The van der Waals surface area contributed by atoms with Crippen LogP contribution in [0.3, 0.4) is 0 Å². The summed E-state index contributed by atoms with van der Waals surface area (Å²) in [7, 11) is 0. The maximum atomic E-state index is 12.2. The van der Waals surface area contributed by atoms with E-state index in [1.165, 1.54) is 11.3 Å². The SMILES string of the molecule is O=C(Nc1cncc(-c2ccc3[nH]nc(-c4nc5c(-c6ccc(Cl)s6)ccnc5[nH]4)c3n2)c1)C1CC1. The van der Waals surface area contributed by atoms with E-state index in [9.17, 15) is 4.79 Å². The highest BCUT2D eigenvalue weighted by molar-refractivity contribution is 7.19. The summed E-state index contributed by atoms with van der Waals surface area (Å²) >= 11 is 7.65. The van der Waals surface area contributed by atoms with E-state index in [1.54, 1.807) is 18.6 Å². The van der Waals surface area contributed by atoms with E-state index < -0.39 is 0 Å². The minimum atomic E-state index is 0.0390. The predicted molar refractivity (Wildman–Crippen MR) is 140 cm³/mol. The lowest BCUT2D eigenvalue weighted by Gasteiger charge is -2.06. The third kappa shape index (κ3) is 3.71. The van der Waals surface area contributed by atoms with Gasteiger partial charge in [0.25, 0.3) is 0 Å². The first-order chi connectivity index (χ1) is 17.6. The van der Waals surface area contributed by atoms with E-state index in [0.717, 1.165) is 39.9 Å². The molecule has 0 saturated heterocycles. The van der Waals surface area contributed by atoms with Gasteiger partial charge in [0, 0.05) is 34.3 Å². The number of nitrogens with one attached hydrogen (secondary N) is 3. The van der Waals surface area contributed by atoms with Crippen LogP contribution in [0, 0.1) is 5.92 Å². The van der Waals surface area contributed by atoms with Gasteiger partial charge in [0.15, 0.2) is 17.2 Å². The first-order valence-corrected chi connectivity index (χ1v) is 12.5. The molecule has 1 aliphatic carbocycles. The lowest BCUT2D eigenvalue weighted by Crippen LogP contribution is -2.13. The fourth-order valence-corrected chi connectivity index (χ4v) is 5.21. The molecule has 1 amide bonds. The van der Waals surface area contributed by atoms with Crippen molar-refractivity contribution >= 4 is 56.7 Å².